The minimum atomic E-state index is -0.521. The summed E-state index contributed by atoms with van der Waals surface area (Å²) in [5, 5.41) is 0.395. The van der Waals surface area contributed by atoms with Gasteiger partial charge in [0.15, 0.2) is 5.70 Å². The highest BCUT2D eigenvalue weighted by Crippen LogP contribution is 2.27. The highest BCUT2D eigenvalue weighted by atomic mass is 35.5. The van der Waals surface area contributed by atoms with Crippen LogP contribution in [0, 0.1) is 0 Å². The van der Waals surface area contributed by atoms with Gasteiger partial charge in [-0.25, -0.2) is 9.79 Å². The van der Waals surface area contributed by atoms with Crippen molar-refractivity contribution < 1.29 is 19.0 Å². The fourth-order valence-electron chi connectivity index (χ4n) is 2.18. The van der Waals surface area contributed by atoms with E-state index in [0.29, 0.717) is 16.3 Å². The van der Waals surface area contributed by atoms with Crippen LogP contribution in [0.25, 0.3) is 6.08 Å². The Morgan fingerprint density at radius 1 is 1.04 bits per heavy atom. The van der Waals surface area contributed by atoms with Crippen LogP contribution in [0.2, 0.25) is 5.02 Å². The third kappa shape index (κ3) is 3.26. The van der Waals surface area contributed by atoms with Crippen LogP contribution >= 0.6 is 11.6 Å². The minimum Gasteiger partial charge on any atom is -0.497 e. The highest BCUT2D eigenvalue weighted by molar-refractivity contribution is 6.34. The largest absolute Gasteiger partial charge is 0.497 e. The molecule has 5 nitrogen and oxygen atoms in total. The summed E-state index contributed by atoms with van der Waals surface area (Å²) < 4.78 is 15.4. The number of nitrogens with zero attached hydrogens (tertiary/aromatic N) is 1. The van der Waals surface area contributed by atoms with Gasteiger partial charge >= 0.3 is 5.97 Å². The van der Waals surface area contributed by atoms with Crippen molar-refractivity contribution in [2.24, 2.45) is 4.99 Å². The number of ether oxygens (including phenoxy) is 3. The van der Waals surface area contributed by atoms with Crippen molar-refractivity contribution >= 4 is 29.5 Å². The summed E-state index contributed by atoms with van der Waals surface area (Å²) in [5.74, 6) is 1.00. The van der Waals surface area contributed by atoms with Crippen LogP contribution in [-0.4, -0.2) is 26.1 Å². The number of rotatable bonds is 4. The molecule has 1 heterocycles. The molecule has 6 heteroatoms. The number of hydrogen-bond acceptors (Lipinski definition) is 5. The summed E-state index contributed by atoms with van der Waals surface area (Å²) in [4.78, 5) is 16.3. The summed E-state index contributed by atoms with van der Waals surface area (Å²) in [7, 11) is 3.14. The van der Waals surface area contributed by atoms with Gasteiger partial charge in [0.1, 0.15) is 11.5 Å². The minimum absolute atomic E-state index is 0.174. The molecule has 2 aromatic carbocycles. The van der Waals surface area contributed by atoms with Crippen LogP contribution < -0.4 is 9.47 Å². The maximum atomic E-state index is 12.0. The SMILES string of the molecule is COc1ccc(/C=C2/N=C(c3ccc(OC)cc3Cl)OC2=O)cc1. The number of methoxy groups -OCH3 is 2. The Morgan fingerprint density at radius 3 is 2.33 bits per heavy atom. The van der Waals surface area contributed by atoms with E-state index in [-0.39, 0.29) is 11.6 Å². The molecular weight excluding hydrogens is 330 g/mol. The monoisotopic (exact) mass is 343 g/mol. The Morgan fingerprint density at radius 2 is 1.71 bits per heavy atom. The molecule has 24 heavy (non-hydrogen) atoms. The van der Waals surface area contributed by atoms with Crippen LogP contribution in [0.15, 0.2) is 53.2 Å². The zero-order valence-electron chi connectivity index (χ0n) is 13.1. The fraction of sp³-hybridized carbons (Fsp3) is 0.111. The second kappa shape index (κ2) is 6.76. The Labute approximate surface area is 144 Å². The van der Waals surface area contributed by atoms with Crippen molar-refractivity contribution in [1.29, 1.82) is 0 Å². The summed E-state index contributed by atoms with van der Waals surface area (Å²) in [6.07, 6.45) is 1.65. The smallest absolute Gasteiger partial charge is 0.363 e. The van der Waals surface area contributed by atoms with E-state index >= 15 is 0 Å². The van der Waals surface area contributed by atoms with Crippen LogP contribution in [-0.2, 0) is 9.53 Å². The zero-order chi connectivity index (χ0) is 17.1. The lowest BCUT2D eigenvalue weighted by Gasteiger charge is -2.05. The Kier molecular flexibility index (Phi) is 4.53. The lowest BCUT2D eigenvalue weighted by Crippen LogP contribution is -2.06. The van der Waals surface area contributed by atoms with Gasteiger partial charge in [0.25, 0.3) is 0 Å². The number of hydrogen-bond donors (Lipinski definition) is 0. The molecule has 0 amide bonds. The second-order valence-electron chi connectivity index (χ2n) is 4.95. The van der Waals surface area contributed by atoms with Crippen molar-refractivity contribution in [1.82, 2.24) is 0 Å². The molecule has 0 aromatic heterocycles. The summed E-state index contributed by atoms with van der Waals surface area (Å²) in [5.41, 5.74) is 1.56. The molecule has 1 aliphatic rings. The number of cyclic esters (lactones) is 1. The molecule has 122 valence electrons. The van der Waals surface area contributed by atoms with Gasteiger partial charge in [-0.05, 0) is 42.0 Å². The number of aliphatic imine (C=N–C) groups is 1. The topological polar surface area (TPSA) is 57.1 Å². The van der Waals surface area contributed by atoms with Crippen molar-refractivity contribution in [3.05, 3.63) is 64.3 Å². The molecule has 0 N–H and O–H groups in total. The normalized spacial score (nSPS) is 15.2. The number of carbonyl (C=O) groups is 1. The Balaban J connectivity index is 1.91. The van der Waals surface area contributed by atoms with Gasteiger partial charge in [0, 0.05) is 0 Å². The molecule has 0 atom stereocenters. The quantitative estimate of drug-likeness (QED) is 0.627. The first kappa shape index (κ1) is 16.1. The number of halogens is 1. The third-order valence-corrected chi connectivity index (χ3v) is 3.76. The van der Waals surface area contributed by atoms with Gasteiger partial charge in [-0.3, -0.25) is 0 Å². The number of esters is 1. The maximum Gasteiger partial charge on any atom is 0.363 e. The van der Waals surface area contributed by atoms with E-state index in [1.54, 1.807) is 50.6 Å². The highest BCUT2D eigenvalue weighted by Gasteiger charge is 2.25. The molecule has 0 radical (unpaired) electrons. The van der Waals surface area contributed by atoms with Gasteiger partial charge in [0.2, 0.25) is 5.90 Å². The molecule has 3 rings (SSSR count). The lowest BCUT2D eigenvalue weighted by atomic mass is 10.2. The predicted molar refractivity (Wildman–Crippen MR) is 91.6 cm³/mol. The molecule has 2 aromatic rings. The van der Waals surface area contributed by atoms with Gasteiger partial charge in [-0.2, -0.15) is 0 Å². The molecule has 0 unspecified atom stereocenters. The van der Waals surface area contributed by atoms with E-state index in [1.807, 2.05) is 12.1 Å². The van der Waals surface area contributed by atoms with Gasteiger partial charge in [-0.15, -0.1) is 0 Å². The predicted octanol–water partition coefficient (Wildman–Crippen LogP) is 3.70. The first-order chi connectivity index (χ1) is 11.6. The Hall–Kier alpha value is -2.79. The molecule has 0 bridgehead atoms. The zero-order valence-corrected chi connectivity index (χ0v) is 13.8. The standard InChI is InChI=1S/C18H14ClNO4/c1-22-12-5-3-11(4-6-12)9-16-18(21)24-17(20-16)14-8-7-13(23-2)10-15(14)19/h3-10H,1-2H3/b16-9+. The maximum absolute atomic E-state index is 12.0. The fourth-order valence-corrected chi connectivity index (χ4v) is 2.43. The summed E-state index contributed by atoms with van der Waals surface area (Å²) in [6.45, 7) is 0. The third-order valence-electron chi connectivity index (χ3n) is 3.45. The van der Waals surface area contributed by atoms with Crippen molar-refractivity contribution in [2.75, 3.05) is 14.2 Å². The van der Waals surface area contributed by atoms with E-state index in [1.165, 1.54) is 0 Å². The van der Waals surface area contributed by atoms with E-state index in [4.69, 9.17) is 25.8 Å². The second-order valence-corrected chi connectivity index (χ2v) is 5.36. The van der Waals surface area contributed by atoms with Crippen molar-refractivity contribution in [2.45, 2.75) is 0 Å². The van der Waals surface area contributed by atoms with E-state index < -0.39 is 5.97 Å². The summed E-state index contributed by atoms with van der Waals surface area (Å²) >= 11 is 6.19. The van der Waals surface area contributed by atoms with Gasteiger partial charge in [-0.1, -0.05) is 23.7 Å². The van der Waals surface area contributed by atoms with E-state index in [9.17, 15) is 4.79 Å². The van der Waals surface area contributed by atoms with E-state index in [0.717, 1.165) is 11.3 Å². The first-order valence-electron chi connectivity index (χ1n) is 7.11. The average molecular weight is 344 g/mol. The molecule has 0 saturated heterocycles. The van der Waals surface area contributed by atoms with Crippen LogP contribution in [0.3, 0.4) is 0 Å². The summed E-state index contributed by atoms with van der Waals surface area (Å²) in [6, 6.07) is 12.3. The van der Waals surface area contributed by atoms with Gasteiger partial charge in [0.05, 0.1) is 24.8 Å². The molecule has 0 fully saturated rings. The van der Waals surface area contributed by atoms with Crippen LogP contribution in [0.4, 0.5) is 0 Å². The molecule has 0 spiro atoms. The number of carbonyl (C=O) groups excluding carboxylic acids is 1. The molecule has 1 aliphatic heterocycles. The van der Waals surface area contributed by atoms with Gasteiger partial charge < -0.3 is 14.2 Å². The number of benzene rings is 2. The van der Waals surface area contributed by atoms with Crippen LogP contribution in [0.1, 0.15) is 11.1 Å². The molecule has 0 saturated carbocycles. The first-order valence-corrected chi connectivity index (χ1v) is 7.49. The lowest BCUT2D eigenvalue weighted by molar-refractivity contribution is -0.129. The Bertz CT molecular complexity index is 841. The van der Waals surface area contributed by atoms with Crippen molar-refractivity contribution in [3.8, 4) is 11.5 Å². The molecule has 0 aliphatic carbocycles. The van der Waals surface area contributed by atoms with Crippen molar-refractivity contribution in [3.63, 3.8) is 0 Å². The van der Waals surface area contributed by atoms with E-state index in [2.05, 4.69) is 4.99 Å². The van der Waals surface area contributed by atoms with Crippen LogP contribution in [0.5, 0.6) is 11.5 Å². The average Bonchev–Trinajstić information content (AvgIpc) is 2.95. The molecular formula is C18H14ClNO4.